The molecule has 9 heavy (non-hydrogen) atoms. The zero-order chi connectivity index (χ0) is 6.69. The van der Waals surface area contributed by atoms with E-state index in [0.29, 0.717) is 6.04 Å². The molecule has 0 saturated carbocycles. The Labute approximate surface area is 55.6 Å². The van der Waals surface area contributed by atoms with E-state index in [-0.39, 0.29) is 6.04 Å². The van der Waals surface area contributed by atoms with Gasteiger partial charge in [0.1, 0.15) is 0 Å². The van der Waals surface area contributed by atoms with E-state index >= 15 is 0 Å². The van der Waals surface area contributed by atoms with Crippen molar-refractivity contribution in [2.45, 2.75) is 38.3 Å². The maximum atomic E-state index is 10.1. The minimum Gasteiger partial charge on any atom is -0.304 e. The van der Waals surface area contributed by atoms with Crippen LogP contribution in [-0.2, 0) is 4.79 Å². The minimum absolute atomic E-state index is 0.0231. The van der Waals surface area contributed by atoms with Crippen molar-refractivity contribution in [1.82, 2.24) is 5.32 Å². The molecule has 0 aromatic rings. The van der Waals surface area contributed by atoms with Crippen molar-refractivity contribution in [2.75, 3.05) is 0 Å². The highest BCUT2D eigenvalue weighted by atomic mass is 16.1. The van der Waals surface area contributed by atoms with Gasteiger partial charge in [0.25, 0.3) is 0 Å². The highest BCUT2D eigenvalue weighted by Gasteiger charge is 2.21. The van der Waals surface area contributed by atoms with Gasteiger partial charge in [-0.25, -0.2) is 0 Å². The monoisotopic (exact) mass is 126 g/mol. The smallest absolute Gasteiger partial charge is 0.216 e. The summed E-state index contributed by atoms with van der Waals surface area (Å²) in [6.07, 6.45) is 5.20. The molecule has 1 radical (unpaired) electrons. The van der Waals surface area contributed by atoms with Gasteiger partial charge in [-0.2, -0.15) is 0 Å². The fourth-order valence-electron chi connectivity index (χ4n) is 1.23. The number of hydrogen-bond acceptors (Lipinski definition) is 2. The zero-order valence-electron chi connectivity index (χ0n) is 5.68. The van der Waals surface area contributed by atoms with Crippen LogP contribution >= 0.6 is 0 Å². The Balaban J connectivity index is 2.28. The third-order valence-electron chi connectivity index (χ3n) is 1.88. The number of hydrogen-bond donors (Lipinski definition) is 1. The second-order valence-electron chi connectivity index (χ2n) is 2.52. The van der Waals surface area contributed by atoms with Gasteiger partial charge in [-0.3, -0.25) is 4.79 Å². The minimum atomic E-state index is 0.0231. The third-order valence-corrected chi connectivity index (χ3v) is 1.88. The molecule has 0 amide bonds. The second kappa shape index (κ2) is 2.97. The van der Waals surface area contributed by atoms with Crippen LogP contribution in [0.1, 0.15) is 26.2 Å². The van der Waals surface area contributed by atoms with Crippen molar-refractivity contribution in [3.63, 3.8) is 0 Å². The number of carbonyl (C=O) groups excluding carboxylic acids is 1. The van der Waals surface area contributed by atoms with Crippen LogP contribution in [0.4, 0.5) is 0 Å². The summed E-state index contributed by atoms with van der Waals surface area (Å²) in [6.45, 7) is 2.13. The highest BCUT2D eigenvalue weighted by molar-refractivity contribution is 5.59. The molecule has 2 atom stereocenters. The first-order valence-corrected chi connectivity index (χ1v) is 3.50. The Morgan fingerprint density at radius 1 is 1.67 bits per heavy atom. The molecule has 0 spiro atoms. The molecular weight excluding hydrogens is 114 g/mol. The summed E-state index contributed by atoms with van der Waals surface area (Å²) in [5.74, 6) is 0. The van der Waals surface area contributed by atoms with Crippen molar-refractivity contribution in [3.05, 3.63) is 0 Å². The van der Waals surface area contributed by atoms with E-state index in [0.717, 1.165) is 19.3 Å². The maximum Gasteiger partial charge on any atom is 0.216 e. The molecule has 0 aliphatic carbocycles. The maximum absolute atomic E-state index is 10.1. The van der Waals surface area contributed by atoms with Gasteiger partial charge in [0.05, 0.1) is 6.04 Å². The van der Waals surface area contributed by atoms with Crippen LogP contribution in [0.15, 0.2) is 0 Å². The van der Waals surface area contributed by atoms with Crippen molar-refractivity contribution in [1.29, 1.82) is 0 Å². The van der Waals surface area contributed by atoms with Gasteiger partial charge >= 0.3 is 0 Å². The fourth-order valence-corrected chi connectivity index (χ4v) is 1.23. The first-order valence-electron chi connectivity index (χ1n) is 3.50. The molecule has 1 rings (SSSR count). The standard InChI is InChI=1S/C7H12NO/c1-2-6-3-4-7(5-9)8-6/h6-8H,2-4H2,1H3/t6-,7-/m0/s1. The van der Waals surface area contributed by atoms with Gasteiger partial charge in [0, 0.05) is 6.04 Å². The molecule has 1 heterocycles. The van der Waals surface area contributed by atoms with Crippen molar-refractivity contribution >= 4 is 6.29 Å². The molecule has 0 aromatic heterocycles. The molecule has 1 aliphatic rings. The average Bonchev–Trinajstić information content (AvgIpc) is 2.34. The van der Waals surface area contributed by atoms with Gasteiger partial charge in [0.2, 0.25) is 6.29 Å². The molecule has 0 bridgehead atoms. The number of rotatable bonds is 2. The Kier molecular flexibility index (Phi) is 2.22. The van der Waals surface area contributed by atoms with Crippen LogP contribution in [0.25, 0.3) is 0 Å². The molecule has 1 fully saturated rings. The van der Waals surface area contributed by atoms with Crippen LogP contribution < -0.4 is 5.32 Å². The summed E-state index contributed by atoms with van der Waals surface area (Å²) in [4.78, 5) is 10.1. The Hall–Kier alpha value is -0.370. The summed E-state index contributed by atoms with van der Waals surface area (Å²) < 4.78 is 0. The topological polar surface area (TPSA) is 29.1 Å². The van der Waals surface area contributed by atoms with E-state index in [2.05, 4.69) is 12.2 Å². The summed E-state index contributed by atoms with van der Waals surface area (Å²) >= 11 is 0. The van der Waals surface area contributed by atoms with Crippen LogP contribution in [0.5, 0.6) is 0 Å². The first-order chi connectivity index (χ1) is 4.36. The summed E-state index contributed by atoms with van der Waals surface area (Å²) in [7, 11) is 0. The predicted molar refractivity (Wildman–Crippen MR) is 35.9 cm³/mol. The molecule has 0 aromatic carbocycles. The van der Waals surface area contributed by atoms with Crippen LogP contribution in [-0.4, -0.2) is 18.4 Å². The van der Waals surface area contributed by atoms with Crippen LogP contribution in [0, 0.1) is 0 Å². The lowest BCUT2D eigenvalue weighted by Crippen LogP contribution is -2.29. The second-order valence-corrected chi connectivity index (χ2v) is 2.52. The van der Waals surface area contributed by atoms with Crippen molar-refractivity contribution in [3.8, 4) is 0 Å². The lowest BCUT2D eigenvalue weighted by atomic mass is 10.2. The third kappa shape index (κ3) is 1.52. The lowest BCUT2D eigenvalue weighted by Gasteiger charge is -2.05. The molecule has 1 saturated heterocycles. The molecule has 1 N–H and O–H groups in total. The summed E-state index contributed by atoms with van der Waals surface area (Å²) in [6, 6.07) is 0.589. The van der Waals surface area contributed by atoms with E-state index in [1.165, 1.54) is 0 Å². The predicted octanol–water partition coefficient (Wildman–Crippen LogP) is 0.627. The van der Waals surface area contributed by atoms with Gasteiger partial charge in [-0.05, 0) is 19.3 Å². The van der Waals surface area contributed by atoms with E-state index in [4.69, 9.17) is 0 Å². The largest absolute Gasteiger partial charge is 0.304 e. The van der Waals surface area contributed by atoms with E-state index < -0.39 is 0 Å². The van der Waals surface area contributed by atoms with Crippen LogP contribution in [0.2, 0.25) is 0 Å². The fraction of sp³-hybridized carbons (Fsp3) is 0.857. The Morgan fingerprint density at radius 3 is 2.78 bits per heavy atom. The summed E-state index contributed by atoms with van der Waals surface area (Å²) in [5, 5.41) is 3.17. The van der Waals surface area contributed by atoms with Gasteiger partial charge < -0.3 is 5.32 Å². The molecular formula is C7H12NO. The number of nitrogens with one attached hydrogen (secondary N) is 1. The van der Waals surface area contributed by atoms with E-state index in [1.54, 1.807) is 0 Å². The van der Waals surface area contributed by atoms with Gasteiger partial charge in [-0.1, -0.05) is 6.92 Å². The molecule has 2 nitrogen and oxygen atoms in total. The Morgan fingerprint density at radius 2 is 2.44 bits per heavy atom. The average molecular weight is 126 g/mol. The SMILES string of the molecule is CC[C@H]1CC[C@@H]([C]=O)N1. The van der Waals surface area contributed by atoms with Crippen molar-refractivity contribution in [2.24, 2.45) is 0 Å². The van der Waals surface area contributed by atoms with Gasteiger partial charge in [0.15, 0.2) is 0 Å². The zero-order valence-corrected chi connectivity index (χ0v) is 5.68. The first kappa shape index (κ1) is 6.75. The normalized spacial score (nSPS) is 34.8. The molecule has 51 valence electrons. The van der Waals surface area contributed by atoms with E-state index in [9.17, 15) is 4.79 Å². The van der Waals surface area contributed by atoms with Gasteiger partial charge in [-0.15, -0.1) is 0 Å². The summed E-state index contributed by atoms with van der Waals surface area (Å²) in [5.41, 5.74) is 0. The molecule has 1 aliphatic heterocycles. The lowest BCUT2D eigenvalue weighted by molar-refractivity contribution is 0.519. The molecule has 2 heteroatoms. The quantitative estimate of drug-likeness (QED) is 0.588. The highest BCUT2D eigenvalue weighted by Crippen LogP contribution is 2.12. The molecule has 0 unspecified atom stereocenters. The van der Waals surface area contributed by atoms with Crippen molar-refractivity contribution < 1.29 is 4.79 Å². The van der Waals surface area contributed by atoms with Crippen LogP contribution in [0.3, 0.4) is 0 Å². The Bertz CT molecular complexity index is 103. The van der Waals surface area contributed by atoms with E-state index in [1.807, 2.05) is 6.29 Å².